The summed E-state index contributed by atoms with van der Waals surface area (Å²) in [6, 6.07) is 10.4. The van der Waals surface area contributed by atoms with E-state index in [1.807, 2.05) is 25.1 Å². The maximum atomic E-state index is 11.4. The molecular formula is C16H13N3O2. The van der Waals surface area contributed by atoms with Crippen LogP contribution in [0.2, 0.25) is 0 Å². The number of rotatable bonds is 2. The highest BCUT2D eigenvalue weighted by molar-refractivity contribution is 5.69. The third-order valence-electron chi connectivity index (χ3n) is 3.24. The summed E-state index contributed by atoms with van der Waals surface area (Å²) >= 11 is 0. The predicted octanol–water partition coefficient (Wildman–Crippen LogP) is 2.10. The Morgan fingerprint density at radius 2 is 1.48 bits per heavy atom. The number of nitrogens with one attached hydrogen (secondary N) is 2. The highest BCUT2D eigenvalue weighted by atomic mass is 16.1. The Morgan fingerprint density at radius 3 is 2.10 bits per heavy atom. The standard InChI is InChI=1S/C16H13N3O2/c1-10-13(11-4-6-17-15(20)8-11)2-3-14(19-10)12-5-7-18-16(21)9-12/h2-9H,1H3,(H,17,20)(H,18,21). The normalized spacial score (nSPS) is 10.5. The monoisotopic (exact) mass is 279 g/mol. The lowest BCUT2D eigenvalue weighted by molar-refractivity contribution is 1.18. The molecule has 5 heteroatoms. The smallest absolute Gasteiger partial charge is 0.248 e. The van der Waals surface area contributed by atoms with Crippen LogP contribution in [0.3, 0.4) is 0 Å². The van der Waals surface area contributed by atoms with Crippen LogP contribution in [0.15, 0.2) is 58.4 Å². The van der Waals surface area contributed by atoms with Crippen molar-refractivity contribution in [1.82, 2.24) is 15.0 Å². The number of aryl methyl sites for hydroxylation is 1. The van der Waals surface area contributed by atoms with Crippen molar-refractivity contribution in [3.05, 3.63) is 75.2 Å². The van der Waals surface area contributed by atoms with Crippen LogP contribution >= 0.6 is 0 Å². The zero-order valence-electron chi connectivity index (χ0n) is 11.4. The fraction of sp³-hybridized carbons (Fsp3) is 0.0625. The summed E-state index contributed by atoms with van der Waals surface area (Å²) in [5.41, 5.74) is 3.71. The highest BCUT2D eigenvalue weighted by Crippen LogP contribution is 2.24. The van der Waals surface area contributed by atoms with Gasteiger partial charge in [-0.1, -0.05) is 6.07 Å². The Bertz CT molecular complexity index is 909. The molecule has 5 nitrogen and oxygen atoms in total. The van der Waals surface area contributed by atoms with Gasteiger partial charge in [0.2, 0.25) is 11.1 Å². The van der Waals surface area contributed by atoms with Gasteiger partial charge >= 0.3 is 0 Å². The molecule has 0 atom stereocenters. The molecule has 0 fully saturated rings. The Balaban J connectivity index is 2.08. The number of H-pyrrole nitrogens is 2. The molecule has 0 aliphatic heterocycles. The van der Waals surface area contributed by atoms with Crippen molar-refractivity contribution in [1.29, 1.82) is 0 Å². The largest absolute Gasteiger partial charge is 0.329 e. The van der Waals surface area contributed by atoms with Gasteiger partial charge in [-0.15, -0.1) is 0 Å². The van der Waals surface area contributed by atoms with Gasteiger partial charge in [0.1, 0.15) is 0 Å². The first kappa shape index (κ1) is 13.1. The second kappa shape index (κ2) is 5.20. The van der Waals surface area contributed by atoms with Crippen LogP contribution in [0.4, 0.5) is 0 Å². The highest BCUT2D eigenvalue weighted by Gasteiger charge is 2.07. The van der Waals surface area contributed by atoms with E-state index in [0.29, 0.717) is 0 Å². The van der Waals surface area contributed by atoms with E-state index in [1.165, 1.54) is 12.1 Å². The molecule has 0 aliphatic carbocycles. The van der Waals surface area contributed by atoms with Crippen LogP contribution in [0.5, 0.6) is 0 Å². The lowest BCUT2D eigenvalue weighted by atomic mass is 10.0. The molecule has 2 N–H and O–H groups in total. The van der Waals surface area contributed by atoms with Gasteiger partial charge in [0, 0.05) is 41.3 Å². The fourth-order valence-electron chi connectivity index (χ4n) is 2.24. The van der Waals surface area contributed by atoms with E-state index in [1.54, 1.807) is 18.5 Å². The van der Waals surface area contributed by atoms with Crippen molar-refractivity contribution in [2.45, 2.75) is 6.92 Å². The fourth-order valence-corrected chi connectivity index (χ4v) is 2.24. The number of nitrogens with zero attached hydrogens (tertiary/aromatic N) is 1. The molecule has 21 heavy (non-hydrogen) atoms. The van der Waals surface area contributed by atoms with Gasteiger partial charge < -0.3 is 9.97 Å². The first-order valence-electron chi connectivity index (χ1n) is 6.49. The Kier molecular flexibility index (Phi) is 3.23. The second-order valence-corrected chi connectivity index (χ2v) is 4.71. The maximum Gasteiger partial charge on any atom is 0.248 e. The number of aromatic nitrogens is 3. The zero-order valence-corrected chi connectivity index (χ0v) is 11.4. The lowest BCUT2D eigenvalue weighted by Crippen LogP contribution is -2.04. The number of pyridine rings is 3. The third kappa shape index (κ3) is 2.67. The first-order valence-corrected chi connectivity index (χ1v) is 6.49. The van der Waals surface area contributed by atoms with Crippen LogP contribution in [-0.2, 0) is 0 Å². The first-order chi connectivity index (χ1) is 10.1. The molecule has 0 aliphatic rings. The molecule has 0 bridgehead atoms. The average Bonchev–Trinajstić information content (AvgIpc) is 2.47. The van der Waals surface area contributed by atoms with Gasteiger partial charge in [-0.3, -0.25) is 14.6 Å². The van der Waals surface area contributed by atoms with E-state index in [0.717, 1.165) is 28.1 Å². The SMILES string of the molecule is Cc1nc(-c2cc[nH]c(=O)c2)ccc1-c1cc[nH]c(=O)c1. The van der Waals surface area contributed by atoms with Crippen LogP contribution < -0.4 is 11.1 Å². The van der Waals surface area contributed by atoms with Crippen molar-refractivity contribution in [3.63, 3.8) is 0 Å². The molecule has 104 valence electrons. The topological polar surface area (TPSA) is 78.6 Å². The third-order valence-corrected chi connectivity index (χ3v) is 3.24. The minimum absolute atomic E-state index is 0.148. The summed E-state index contributed by atoms with van der Waals surface area (Å²) in [7, 11) is 0. The van der Waals surface area contributed by atoms with Crippen LogP contribution in [-0.4, -0.2) is 15.0 Å². The van der Waals surface area contributed by atoms with Crippen molar-refractivity contribution in [3.8, 4) is 22.4 Å². The number of hydrogen-bond acceptors (Lipinski definition) is 3. The van der Waals surface area contributed by atoms with Crippen LogP contribution in [0.25, 0.3) is 22.4 Å². The Morgan fingerprint density at radius 1 is 0.857 bits per heavy atom. The van der Waals surface area contributed by atoms with Gasteiger partial charge in [-0.25, -0.2) is 0 Å². The molecule has 0 spiro atoms. The summed E-state index contributed by atoms with van der Waals surface area (Å²) in [6.45, 7) is 1.88. The molecule has 0 saturated heterocycles. The predicted molar refractivity (Wildman–Crippen MR) is 81.1 cm³/mol. The van der Waals surface area contributed by atoms with Crippen molar-refractivity contribution in [2.24, 2.45) is 0 Å². The molecule has 0 unspecified atom stereocenters. The van der Waals surface area contributed by atoms with Crippen LogP contribution in [0, 0.1) is 6.92 Å². The van der Waals surface area contributed by atoms with Gasteiger partial charge in [-0.05, 0) is 30.7 Å². The van der Waals surface area contributed by atoms with Crippen LogP contribution in [0.1, 0.15) is 5.69 Å². The molecule has 3 heterocycles. The molecule has 3 aromatic heterocycles. The van der Waals surface area contributed by atoms with Gasteiger partial charge in [0.05, 0.1) is 5.69 Å². The molecule has 3 aromatic rings. The number of hydrogen-bond donors (Lipinski definition) is 2. The van der Waals surface area contributed by atoms with Crippen molar-refractivity contribution < 1.29 is 0 Å². The van der Waals surface area contributed by atoms with Gasteiger partial charge in [0.25, 0.3) is 0 Å². The summed E-state index contributed by atoms with van der Waals surface area (Å²) in [5, 5.41) is 0. The summed E-state index contributed by atoms with van der Waals surface area (Å²) in [5.74, 6) is 0. The summed E-state index contributed by atoms with van der Waals surface area (Å²) in [6.07, 6.45) is 3.21. The van der Waals surface area contributed by atoms with E-state index in [9.17, 15) is 9.59 Å². The quantitative estimate of drug-likeness (QED) is 0.754. The van der Waals surface area contributed by atoms with Gasteiger partial charge in [-0.2, -0.15) is 0 Å². The summed E-state index contributed by atoms with van der Waals surface area (Å²) < 4.78 is 0. The Hall–Kier alpha value is -2.95. The maximum absolute atomic E-state index is 11.4. The zero-order chi connectivity index (χ0) is 14.8. The summed E-state index contributed by atoms with van der Waals surface area (Å²) in [4.78, 5) is 32.4. The Labute approximate surface area is 120 Å². The van der Waals surface area contributed by atoms with Crippen molar-refractivity contribution >= 4 is 0 Å². The average molecular weight is 279 g/mol. The van der Waals surface area contributed by atoms with E-state index in [4.69, 9.17) is 0 Å². The molecular weight excluding hydrogens is 266 g/mol. The van der Waals surface area contributed by atoms with E-state index >= 15 is 0 Å². The number of aromatic amines is 2. The van der Waals surface area contributed by atoms with E-state index in [2.05, 4.69) is 15.0 Å². The van der Waals surface area contributed by atoms with E-state index in [-0.39, 0.29) is 11.1 Å². The molecule has 3 rings (SSSR count). The van der Waals surface area contributed by atoms with E-state index < -0.39 is 0 Å². The molecule has 0 saturated carbocycles. The van der Waals surface area contributed by atoms with Crippen molar-refractivity contribution in [2.75, 3.05) is 0 Å². The minimum Gasteiger partial charge on any atom is -0.329 e. The molecule has 0 aromatic carbocycles. The second-order valence-electron chi connectivity index (χ2n) is 4.71. The lowest BCUT2D eigenvalue weighted by Gasteiger charge is -2.07. The minimum atomic E-state index is -0.161. The molecule has 0 radical (unpaired) electrons. The molecule has 0 amide bonds. The van der Waals surface area contributed by atoms with Gasteiger partial charge in [0.15, 0.2) is 0 Å².